The first kappa shape index (κ1) is 20.8. The maximum Gasteiger partial charge on any atom is 0.298 e. The van der Waals surface area contributed by atoms with E-state index in [0.717, 1.165) is 17.7 Å². The van der Waals surface area contributed by atoms with E-state index in [1.165, 1.54) is 11.5 Å². The molecule has 1 N–H and O–H groups in total. The zero-order valence-electron chi connectivity index (χ0n) is 16.8. The first-order valence-electron chi connectivity index (χ1n) is 9.55. The van der Waals surface area contributed by atoms with Gasteiger partial charge in [-0.2, -0.15) is 9.36 Å². The van der Waals surface area contributed by atoms with E-state index in [2.05, 4.69) is 28.5 Å². The van der Waals surface area contributed by atoms with Gasteiger partial charge in [0.2, 0.25) is 0 Å². The highest BCUT2D eigenvalue weighted by Crippen LogP contribution is 2.25. The molecule has 0 saturated carbocycles. The number of carbonyl (C=O) groups is 1. The molecule has 0 aliphatic heterocycles. The predicted molar refractivity (Wildman–Crippen MR) is 114 cm³/mol. The van der Waals surface area contributed by atoms with Gasteiger partial charge in [0.15, 0.2) is 5.82 Å². The van der Waals surface area contributed by atoms with Gasteiger partial charge in [-0.15, -0.1) is 0 Å². The summed E-state index contributed by atoms with van der Waals surface area (Å²) in [4.78, 5) is 16.7. The van der Waals surface area contributed by atoms with Crippen LogP contribution in [0.1, 0.15) is 42.0 Å². The predicted octanol–water partition coefficient (Wildman–Crippen LogP) is 4.71. The monoisotopic (exact) mass is 411 g/mol. The number of hydrogen-bond donors (Lipinski definition) is 1. The molecular weight excluding hydrogens is 386 g/mol. The van der Waals surface area contributed by atoms with E-state index >= 15 is 0 Å². The van der Waals surface area contributed by atoms with Gasteiger partial charge in [0.25, 0.3) is 11.1 Å². The lowest BCUT2D eigenvalue weighted by Crippen LogP contribution is -2.25. The van der Waals surface area contributed by atoms with Gasteiger partial charge < -0.3 is 14.8 Å². The third-order valence-corrected chi connectivity index (χ3v) is 4.89. The molecule has 6 nitrogen and oxygen atoms in total. The lowest BCUT2D eigenvalue weighted by molar-refractivity contribution is 0.0951. The van der Waals surface area contributed by atoms with Crippen LogP contribution in [0, 0.1) is 5.92 Å². The van der Waals surface area contributed by atoms with Crippen LogP contribution in [0.5, 0.6) is 16.7 Å². The molecule has 0 fully saturated rings. The van der Waals surface area contributed by atoms with Crippen molar-refractivity contribution < 1.29 is 14.3 Å². The Kier molecular flexibility index (Phi) is 7.19. The maximum atomic E-state index is 12.3. The zero-order valence-corrected chi connectivity index (χ0v) is 17.7. The highest BCUT2D eigenvalue weighted by Gasteiger charge is 2.10. The molecule has 3 aromatic rings. The van der Waals surface area contributed by atoms with Gasteiger partial charge in [-0.05, 0) is 48.2 Å². The van der Waals surface area contributed by atoms with Crippen molar-refractivity contribution in [2.75, 3.05) is 13.7 Å². The van der Waals surface area contributed by atoms with E-state index in [1.807, 2.05) is 24.3 Å². The van der Waals surface area contributed by atoms with Crippen LogP contribution in [0.4, 0.5) is 0 Å². The quantitative estimate of drug-likeness (QED) is 0.552. The molecule has 0 aliphatic rings. The minimum absolute atomic E-state index is 0.105. The van der Waals surface area contributed by atoms with Gasteiger partial charge in [-0.25, -0.2) is 0 Å². The van der Waals surface area contributed by atoms with Crippen molar-refractivity contribution in [3.05, 3.63) is 65.5 Å². The molecule has 3 rings (SSSR count). The van der Waals surface area contributed by atoms with Crippen LogP contribution in [0.25, 0.3) is 0 Å². The fourth-order valence-electron chi connectivity index (χ4n) is 2.69. The summed E-state index contributed by atoms with van der Waals surface area (Å²) in [5.74, 6) is 2.49. The largest absolute Gasteiger partial charge is 0.497 e. The number of benzene rings is 2. The summed E-state index contributed by atoms with van der Waals surface area (Å²) >= 11 is 1.19. The van der Waals surface area contributed by atoms with E-state index in [1.54, 1.807) is 31.4 Å². The van der Waals surface area contributed by atoms with E-state index < -0.39 is 0 Å². The van der Waals surface area contributed by atoms with E-state index in [9.17, 15) is 4.79 Å². The Labute approximate surface area is 175 Å². The van der Waals surface area contributed by atoms with Crippen LogP contribution < -0.4 is 14.8 Å². The van der Waals surface area contributed by atoms with Gasteiger partial charge in [-0.3, -0.25) is 4.79 Å². The number of nitrogens with one attached hydrogen (secondary N) is 1. The second kappa shape index (κ2) is 10.0. The number of rotatable bonds is 9. The van der Waals surface area contributed by atoms with Crippen LogP contribution in [0.15, 0.2) is 48.5 Å². The van der Waals surface area contributed by atoms with Crippen molar-refractivity contribution in [1.82, 2.24) is 14.7 Å². The summed E-state index contributed by atoms with van der Waals surface area (Å²) in [6.07, 6.45) is 1.54. The molecule has 0 saturated heterocycles. The molecule has 0 aliphatic carbocycles. The maximum absolute atomic E-state index is 12.3. The number of methoxy groups -OCH3 is 1. The van der Waals surface area contributed by atoms with E-state index in [-0.39, 0.29) is 5.91 Å². The van der Waals surface area contributed by atoms with Crippen LogP contribution in [0.3, 0.4) is 0 Å². The molecule has 0 atom stereocenters. The highest BCUT2D eigenvalue weighted by atomic mass is 32.1. The Morgan fingerprint density at radius 1 is 1.14 bits per heavy atom. The van der Waals surface area contributed by atoms with Crippen molar-refractivity contribution in [2.45, 2.75) is 26.7 Å². The minimum Gasteiger partial charge on any atom is -0.497 e. The highest BCUT2D eigenvalue weighted by molar-refractivity contribution is 7.07. The second-order valence-electron chi connectivity index (χ2n) is 7.07. The molecule has 0 spiro atoms. The molecule has 1 heterocycles. The van der Waals surface area contributed by atoms with Crippen molar-refractivity contribution in [1.29, 1.82) is 0 Å². The summed E-state index contributed by atoms with van der Waals surface area (Å²) < 4.78 is 15.4. The second-order valence-corrected chi connectivity index (χ2v) is 7.79. The lowest BCUT2D eigenvalue weighted by atomic mass is 10.1. The number of carbonyl (C=O) groups excluding carboxylic acids is 1. The summed E-state index contributed by atoms with van der Waals surface area (Å²) in [7, 11) is 1.64. The molecule has 0 radical (unpaired) electrons. The van der Waals surface area contributed by atoms with Crippen LogP contribution >= 0.6 is 11.5 Å². The molecule has 152 valence electrons. The van der Waals surface area contributed by atoms with Crippen LogP contribution in [-0.2, 0) is 6.42 Å². The van der Waals surface area contributed by atoms with Gasteiger partial charge >= 0.3 is 0 Å². The summed E-state index contributed by atoms with van der Waals surface area (Å²) in [5.41, 5.74) is 1.63. The standard InChI is InChI=1S/C22H25N3O3S/c1-15(2)10-11-23-21(26)17-7-5-9-19(14-17)28-22-24-20(25-29-22)13-16-6-4-8-18(12-16)27-3/h4-9,12,14-15H,10-11,13H2,1-3H3,(H,23,26). The first-order valence-corrected chi connectivity index (χ1v) is 10.3. The number of ether oxygens (including phenoxy) is 2. The van der Waals surface area contributed by atoms with Gasteiger partial charge in [-0.1, -0.05) is 32.0 Å². The van der Waals surface area contributed by atoms with Gasteiger partial charge in [0, 0.05) is 30.1 Å². The number of amides is 1. The third kappa shape index (κ3) is 6.29. The Hall–Kier alpha value is -2.93. The van der Waals surface area contributed by atoms with Crippen LogP contribution in [0.2, 0.25) is 0 Å². The third-order valence-electron chi connectivity index (χ3n) is 4.25. The molecule has 0 unspecified atom stereocenters. The Bertz CT molecular complexity index is 956. The van der Waals surface area contributed by atoms with Crippen molar-refractivity contribution in [2.24, 2.45) is 5.92 Å². The Balaban J connectivity index is 1.61. The molecule has 29 heavy (non-hydrogen) atoms. The lowest BCUT2D eigenvalue weighted by Gasteiger charge is -2.08. The normalized spacial score (nSPS) is 10.8. The topological polar surface area (TPSA) is 73.3 Å². The summed E-state index contributed by atoms with van der Waals surface area (Å²) in [5, 5.41) is 3.38. The zero-order chi connectivity index (χ0) is 20.6. The Morgan fingerprint density at radius 3 is 2.72 bits per heavy atom. The fraction of sp³-hybridized carbons (Fsp3) is 0.318. The van der Waals surface area contributed by atoms with Gasteiger partial charge in [0.1, 0.15) is 11.5 Å². The fourth-order valence-corrected chi connectivity index (χ4v) is 3.26. The molecule has 2 aromatic carbocycles. The van der Waals surface area contributed by atoms with Crippen molar-refractivity contribution >= 4 is 17.4 Å². The first-order chi connectivity index (χ1) is 14.0. The molecule has 0 bridgehead atoms. The van der Waals surface area contributed by atoms with E-state index in [4.69, 9.17) is 9.47 Å². The average Bonchev–Trinajstić information content (AvgIpc) is 3.14. The molecular formula is C22H25N3O3S. The molecule has 1 aromatic heterocycles. The average molecular weight is 412 g/mol. The summed E-state index contributed by atoms with van der Waals surface area (Å²) in [6.45, 7) is 4.92. The number of aromatic nitrogens is 2. The Morgan fingerprint density at radius 2 is 1.93 bits per heavy atom. The number of hydrogen-bond acceptors (Lipinski definition) is 6. The SMILES string of the molecule is COc1cccc(Cc2nsc(Oc3cccc(C(=O)NCCC(C)C)c3)n2)c1. The van der Waals surface area contributed by atoms with E-state index in [0.29, 0.717) is 41.2 Å². The molecule has 1 amide bonds. The summed E-state index contributed by atoms with van der Waals surface area (Å²) in [6, 6.07) is 14.9. The minimum atomic E-state index is -0.105. The number of nitrogens with zero attached hydrogens (tertiary/aromatic N) is 2. The van der Waals surface area contributed by atoms with Gasteiger partial charge in [0.05, 0.1) is 7.11 Å². The van der Waals surface area contributed by atoms with Crippen LogP contribution in [-0.4, -0.2) is 28.9 Å². The van der Waals surface area contributed by atoms with Crippen molar-refractivity contribution in [3.8, 4) is 16.7 Å². The van der Waals surface area contributed by atoms with Crippen molar-refractivity contribution in [3.63, 3.8) is 0 Å². The smallest absolute Gasteiger partial charge is 0.298 e. The molecule has 7 heteroatoms.